The van der Waals surface area contributed by atoms with Crippen molar-refractivity contribution >= 4 is 11.8 Å². The summed E-state index contributed by atoms with van der Waals surface area (Å²) in [5.74, 6) is 2.31. The van der Waals surface area contributed by atoms with Gasteiger partial charge in [0.05, 0.1) is 47.8 Å². The number of rotatable bonds is 15. The lowest BCUT2D eigenvalue weighted by Crippen LogP contribution is -2.60. The molecule has 0 aromatic heterocycles. The summed E-state index contributed by atoms with van der Waals surface area (Å²) < 4.78 is 42.4. The topological polar surface area (TPSA) is 84.8 Å². The normalized spacial score (nSPS) is 21.3. The fourth-order valence-electron chi connectivity index (χ4n) is 5.06. The summed E-state index contributed by atoms with van der Waals surface area (Å²) in [7, 11) is 4.92. The van der Waals surface area contributed by atoms with Crippen LogP contribution in [0.15, 0.2) is 108 Å². The van der Waals surface area contributed by atoms with Crippen LogP contribution >= 0.6 is 11.8 Å². The van der Waals surface area contributed by atoms with Crippen molar-refractivity contribution in [2.45, 2.75) is 54.6 Å². The second-order valence-electron chi connectivity index (χ2n) is 10.5. The molecule has 1 aliphatic heterocycles. The van der Waals surface area contributed by atoms with Crippen LogP contribution in [0, 0.1) is 0 Å². The van der Waals surface area contributed by atoms with Crippen molar-refractivity contribution in [2.75, 3.05) is 27.9 Å². The molecule has 5 rings (SSSR count). The molecule has 1 saturated heterocycles. The zero-order valence-electron chi connectivity index (χ0n) is 25.7. The van der Waals surface area contributed by atoms with E-state index in [4.69, 9.17) is 33.2 Å². The lowest BCUT2D eigenvalue weighted by Gasteiger charge is -2.45. The van der Waals surface area contributed by atoms with Crippen LogP contribution < -0.4 is 14.2 Å². The van der Waals surface area contributed by atoms with Crippen molar-refractivity contribution in [3.05, 3.63) is 120 Å². The van der Waals surface area contributed by atoms with Crippen molar-refractivity contribution in [3.63, 3.8) is 0 Å². The average molecular weight is 633 g/mol. The Morgan fingerprint density at radius 3 is 1.40 bits per heavy atom. The minimum Gasteiger partial charge on any atom is -0.497 e. The molecular weight excluding hydrogens is 592 g/mol. The predicted octanol–water partition coefficient (Wildman–Crippen LogP) is 6.28. The average Bonchev–Trinajstić information content (AvgIpc) is 3.10. The highest BCUT2D eigenvalue weighted by atomic mass is 32.2. The van der Waals surface area contributed by atoms with Gasteiger partial charge in [0, 0.05) is 4.90 Å². The Kier molecular flexibility index (Phi) is 12.1. The Hall–Kier alpha value is -3.57. The molecule has 5 atom stereocenters. The molecule has 4 aromatic carbocycles. The van der Waals surface area contributed by atoms with E-state index in [0.29, 0.717) is 19.8 Å². The lowest BCUT2D eigenvalue weighted by atomic mass is 9.99. The van der Waals surface area contributed by atoms with Crippen LogP contribution in [0.5, 0.6) is 17.2 Å². The summed E-state index contributed by atoms with van der Waals surface area (Å²) in [6.45, 7) is 0.674. The minimum absolute atomic E-state index is 0.243. The molecule has 0 spiro atoms. The van der Waals surface area contributed by atoms with Crippen LogP contribution in [0.25, 0.3) is 0 Å². The summed E-state index contributed by atoms with van der Waals surface area (Å²) in [6.07, 6.45) is -2.38. The minimum atomic E-state index is -0.647. The predicted molar refractivity (Wildman–Crippen MR) is 173 cm³/mol. The van der Waals surface area contributed by atoms with Gasteiger partial charge in [0.1, 0.15) is 47.1 Å². The maximum Gasteiger partial charge on any atom is 0.137 e. The lowest BCUT2D eigenvalue weighted by molar-refractivity contribution is -0.251. The highest BCUT2D eigenvalue weighted by Gasteiger charge is 2.48. The van der Waals surface area contributed by atoms with Gasteiger partial charge in [-0.25, -0.2) is 0 Å². The van der Waals surface area contributed by atoms with Gasteiger partial charge in [-0.1, -0.05) is 66.4 Å². The molecule has 9 heteroatoms. The standard InChI is InChI=1S/C36H40O8S/c1-38-28-15-9-25(10-16-28)22-41-33-32(21-37)44-36(45-31-7-5-4-6-8-31)35(43-24-27-13-19-30(40-3)20-14-27)34(33)42-23-26-11-17-29(39-2)18-12-26/h4-20,32-37H,21-24H2,1-3H3/t32-,33-,34+,35-,36+/m1/s1. The number of hydrogen-bond acceptors (Lipinski definition) is 9. The summed E-state index contributed by atoms with van der Waals surface area (Å²) in [6, 6.07) is 33.2. The number of ether oxygens (including phenoxy) is 7. The van der Waals surface area contributed by atoms with E-state index in [1.165, 1.54) is 11.8 Å². The number of aliphatic hydroxyl groups is 1. The molecule has 45 heavy (non-hydrogen) atoms. The van der Waals surface area contributed by atoms with Crippen molar-refractivity contribution in [2.24, 2.45) is 0 Å². The number of benzene rings is 4. The van der Waals surface area contributed by atoms with Crippen LogP contribution in [0.3, 0.4) is 0 Å². The molecule has 8 nitrogen and oxygen atoms in total. The number of aliphatic hydroxyl groups excluding tert-OH is 1. The van der Waals surface area contributed by atoms with Crippen molar-refractivity contribution < 1.29 is 38.3 Å². The largest absolute Gasteiger partial charge is 0.497 e. The zero-order chi connectivity index (χ0) is 31.4. The molecule has 0 amide bonds. The van der Waals surface area contributed by atoms with E-state index >= 15 is 0 Å². The smallest absolute Gasteiger partial charge is 0.137 e. The van der Waals surface area contributed by atoms with E-state index in [1.807, 2.05) is 103 Å². The van der Waals surface area contributed by atoms with Crippen molar-refractivity contribution in [1.82, 2.24) is 0 Å². The molecule has 238 valence electrons. The Bertz CT molecular complexity index is 1420. The van der Waals surface area contributed by atoms with E-state index in [-0.39, 0.29) is 6.61 Å². The van der Waals surface area contributed by atoms with Gasteiger partial charge in [-0.15, -0.1) is 0 Å². The Morgan fingerprint density at radius 1 is 0.556 bits per heavy atom. The summed E-state index contributed by atoms with van der Waals surface area (Å²) >= 11 is 1.54. The first-order chi connectivity index (χ1) is 22.1. The monoisotopic (exact) mass is 632 g/mol. The maximum absolute atomic E-state index is 10.6. The molecule has 1 fully saturated rings. The summed E-state index contributed by atoms with van der Waals surface area (Å²) in [4.78, 5) is 1.02. The van der Waals surface area contributed by atoms with Crippen molar-refractivity contribution in [3.8, 4) is 17.2 Å². The first-order valence-corrected chi connectivity index (χ1v) is 15.7. The number of methoxy groups -OCH3 is 3. The third kappa shape index (κ3) is 9.00. The van der Waals surface area contributed by atoms with E-state index in [1.54, 1.807) is 21.3 Å². The third-order valence-corrected chi connectivity index (χ3v) is 8.73. The Balaban J connectivity index is 1.44. The highest BCUT2D eigenvalue weighted by molar-refractivity contribution is 7.99. The SMILES string of the molecule is COc1ccc(CO[C@@H]2[C@@H](OCc3ccc(OC)cc3)[C@H](Sc3ccccc3)O[C@H](CO)[C@H]2OCc2ccc(OC)cc2)cc1. The maximum atomic E-state index is 10.6. The Morgan fingerprint density at radius 2 is 0.978 bits per heavy atom. The molecule has 0 unspecified atom stereocenters. The first kappa shape index (κ1) is 32.8. The van der Waals surface area contributed by atoms with E-state index in [2.05, 4.69) is 0 Å². The van der Waals surface area contributed by atoms with Crippen LogP contribution in [-0.2, 0) is 38.8 Å². The fraction of sp³-hybridized carbons (Fsp3) is 0.333. The molecule has 0 saturated carbocycles. The second-order valence-corrected chi connectivity index (χ2v) is 11.7. The van der Waals surface area contributed by atoms with Crippen molar-refractivity contribution in [1.29, 1.82) is 0 Å². The van der Waals surface area contributed by atoms with E-state index < -0.39 is 29.9 Å². The van der Waals surface area contributed by atoms with Crippen LogP contribution in [0.2, 0.25) is 0 Å². The zero-order valence-corrected chi connectivity index (χ0v) is 26.6. The molecule has 0 radical (unpaired) electrons. The van der Waals surface area contributed by atoms with Gasteiger partial charge in [-0.3, -0.25) is 0 Å². The first-order valence-electron chi connectivity index (χ1n) is 14.8. The Labute approximate surface area is 269 Å². The quantitative estimate of drug-likeness (QED) is 0.163. The van der Waals surface area contributed by atoms with Gasteiger partial charge < -0.3 is 38.3 Å². The molecular formula is C36H40O8S. The molecule has 0 aliphatic carbocycles. The molecule has 1 aliphatic rings. The fourth-order valence-corrected chi connectivity index (χ4v) is 6.21. The van der Waals surface area contributed by atoms with Gasteiger partial charge in [0.15, 0.2) is 0 Å². The van der Waals surface area contributed by atoms with Crippen LogP contribution in [0.1, 0.15) is 16.7 Å². The highest BCUT2D eigenvalue weighted by Crippen LogP contribution is 2.38. The molecule has 4 aromatic rings. The van der Waals surface area contributed by atoms with Gasteiger partial charge in [-0.2, -0.15) is 0 Å². The molecule has 0 bridgehead atoms. The van der Waals surface area contributed by atoms with Gasteiger partial charge >= 0.3 is 0 Å². The summed E-state index contributed by atoms with van der Waals surface area (Å²) in [5, 5.41) is 10.6. The second kappa shape index (κ2) is 16.7. The van der Waals surface area contributed by atoms with Crippen LogP contribution in [0.4, 0.5) is 0 Å². The number of thioether (sulfide) groups is 1. The van der Waals surface area contributed by atoms with Gasteiger partial charge in [0.25, 0.3) is 0 Å². The summed E-state index contributed by atoms with van der Waals surface area (Å²) in [5.41, 5.74) is 2.42. The van der Waals surface area contributed by atoms with E-state index in [0.717, 1.165) is 38.8 Å². The van der Waals surface area contributed by atoms with Crippen LogP contribution in [-0.4, -0.2) is 62.9 Å². The number of hydrogen-bond donors (Lipinski definition) is 1. The van der Waals surface area contributed by atoms with E-state index in [9.17, 15) is 5.11 Å². The molecule has 1 heterocycles. The third-order valence-electron chi connectivity index (χ3n) is 7.57. The molecule has 1 N–H and O–H groups in total. The van der Waals surface area contributed by atoms with Gasteiger partial charge in [-0.05, 0) is 65.2 Å². The van der Waals surface area contributed by atoms with Gasteiger partial charge in [0.2, 0.25) is 0 Å².